The van der Waals surface area contributed by atoms with Crippen LogP contribution >= 0.6 is 0 Å². The molecule has 0 bridgehead atoms. The largest absolute Gasteiger partial charge is 0.382 e. The van der Waals surface area contributed by atoms with Crippen molar-refractivity contribution in [2.24, 2.45) is 5.41 Å². The van der Waals surface area contributed by atoms with Crippen molar-refractivity contribution in [3.05, 3.63) is 42.1 Å². The van der Waals surface area contributed by atoms with Gasteiger partial charge in [-0.3, -0.25) is 24.2 Å². The molecule has 0 aromatic heterocycles. The highest BCUT2D eigenvalue weighted by Gasteiger charge is 2.55. The lowest BCUT2D eigenvalue weighted by Crippen LogP contribution is -2.64. The van der Waals surface area contributed by atoms with E-state index in [4.69, 9.17) is 0 Å². The smallest absolute Gasteiger partial charge is 0.333 e. The van der Waals surface area contributed by atoms with Crippen LogP contribution in [0.4, 0.5) is 4.79 Å². The molecule has 26 heavy (non-hydrogen) atoms. The molecule has 1 aliphatic carbocycles. The van der Waals surface area contributed by atoms with Gasteiger partial charge >= 0.3 is 6.03 Å². The molecule has 2 aliphatic heterocycles. The fourth-order valence-corrected chi connectivity index (χ4v) is 3.56. The van der Waals surface area contributed by atoms with E-state index >= 15 is 0 Å². The SMILES string of the molecule is CN1C(=O)N(CC(=O)C2=CC=CN[CH]2)C(=O)C(C)(C2=CCCCC2)C1=O. The molecular formula is C19H22N3O4. The second-order valence-electron chi connectivity index (χ2n) is 6.85. The average Bonchev–Trinajstić information content (AvgIpc) is 2.69. The zero-order chi connectivity index (χ0) is 18.9. The third-order valence-electron chi connectivity index (χ3n) is 5.19. The van der Waals surface area contributed by atoms with E-state index in [1.807, 2.05) is 6.08 Å². The Morgan fingerprint density at radius 1 is 1.23 bits per heavy atom. The van der Waals surface area contributed by atoms with E-state index in [1.54, 1.807) is 25.3 Å². The predicted molar refractivity (Wildman–Crippen MR) is 94.2 cm³/mol. The van der Waals surface area contributed by atoms with Gasteiger partial charge in [0.25, 0.3) is 5.91 Å². The lowest BCUT2D eigenvalue weighted by molar-refractivity contribution is -0.155. The van der Waals surface area contributed by atoms with Gasteiger partial charge in [-0.05, 0) is 50.5 Å². The number of nitrogens with one attached hydrogen (secondary N) is 1. The average molecular weight is 356 g/mol. The molecule has 1 N–H and O–H groups in total. The normalized spacial score (nSPS) is 26.5. The molecule has 0 aromatic carbocycles. The molecule has 1 unspecified atom stereocenters. The van der Waals surface area contributed by atoms with Crippen LogP contribution in [0.2, 0.25) is 0 Å². The number of hydrogen-bond acceptors (Lipinski definition) is 5. The van der Waals surface area contributed by atoms with Gasteiger partial charge in [-0.25, -0.2) is 4.79 Å². The molecule has 0 aromatic rings. The van der Waals surface area contributed by atoms with Gasteiger partial charge in [0.15, 0.2) is 5.78 Å². The molecule has 3 aliphatic rings. The van der Waals surface area contributed by atoms with Crippen LogP contribution in [-0.2, 0) is 14.4 Å². The van der Waals surface area contributed by atoms with E-state index in [2.05, 4.69) is 5.32 Å². The third kappa shape index (κ3) is 2.87. The maximum atomic E-state index is 13.1. The number of allylic oxidation sites excluding steroid dienone is 3. The van der Waals surface area contributed by atoms with Gasteiger partial charge in [0.2, 0.25) is 5.91 Å². The summed E-state index contributed by atoms with van der Waals surface area (Å²) in [6.07, 6.45) is 10.2. The molecule has 4 amide bonds. The fraction of sp³-hybridized carbons (Fsp3) is 0.421. The number of carbonyl (C=O) groups excluding carboxylic acids is 4. The molecule has 3 rings (SSSR count). The van der Waals surface area contributed by atoms with Crippen molar-refractivity contribution in [3.63, 3.8) is 0 Å². The number of nitrogens with zero attached hydrogens (tertiary/aromatic N) is 2. The predicted octanol–water partition coefficient (Wildman–Crippen LogP) is 1.69. The first-order valence-electron chi connectivity index (χ1n) is 8.70. The maximum Gasteiger partial charge on any atom is 0.333 e. The Hall–Kier alpha value is -2.70. The first-order valence-corrected chi connectivity index (χ1v) is 8.70. The fourth-order valence-electron chi connectivity index (χ4n) is 3.56. The van der Waals surface area contributed by atoms with Crippen molar-refractivity contribution in [1.82, 2.24) is 15.1 Å². The number of Topliss-reactive ketones (excluding diaryl/α,β-unsaturated/α-hetero) is 1. The second-order valence-corrected chi connectivity index (χ2v) is 6.85. The summed E-state index contributed by atoms with van der Waals surface area (Å²) >= 11 is 0. The van der Waals surface area contributed by atoms with E-state index in [0.717, 1.165) is 34.6 Å². The van der Waals surface area contributed by atoms with Crippen molar-refractivity contribution in [1.29, 1.82) is 0 Å². The number of ketones is 1. The Kier molecular flexibility index (Phi) is 4.80. The molecule has 1 fully saturated rings. The number of rotatable bonds is 4. The Morgan fingerprint density at radius 3 is 2.62 bits per heavy atom. The first-order chi connectivity index (χ1) is 12.4. The summed E-state index contributed by atoms with van der Waals surface area (Å²) in [5.74, 6) is -1.52. The zero-order valence-electron chi connectivity index (χ0n) is 14.9. The van der Waals surface area contributed by atoms with Crippen LogP contribution in [0.1, 0.15) is 32.6 Å². The van der Waals surface area contributed by atoms with Crippen molar-refractivity contribution >= 4 is 23.6 Å². The molecule has 0 spiro atoms. The Balaban J connectivity index is 1.91. The van der Waals surface area contributed by atoms with Crippen LogP contribution < -0.4 is 5.32 Å². The lowest BCUT2D eigenvalue weighted by atomic mass is 9.73. The van der Waals surface area contributed by atoms with Crippen molar-refractivity contribution < 1.29 is 19.2 Å². The minimum atomic E-state index is -1.42. The minimum absolute atomic E-state index is 0.367. The number of carbonyl (C=O) groups is 4. The Morgan fingerprint density at radius 2 is 2.00 bits per heavy atom. The zero-order valence-corrected chi connectivity index (χ0v) is 14.9. The van der Waals surface area contributed by atoms with Gasteiger partial charge in [0.1, 0.15) is 5.41 Å². The van der Waals surface area contributed by atoms with E-state index in [9.17, 15) is 19.2 Å². The Bertz CT molecular complexity index is 765. The third-order valence-corrected chi connectivity index (χ3v) is 5.19. The molecule has 0 saturated carbocycles. The molecule has 137 valence electrons. The summed E-state index contributed by atoms with van der Waals surface area (Å²) in [4.78, 5) is 52.8. The molecule has 1 radical (unpaired) electrons. The summed E-state index contributed by atoms with van der Waals surface area (Å²) in [7, 11) is 1.35. The number of dihydropyridines is 1. The quantitative estimate of drug-likeness (QED) is 0.612. The summed E-state index contributed by atoms with van der Waals surface area (Å²) in [6.45, 7) is 2.68. The van der Waals surface area contributed by atoms with Crippen LogP contribution in [-0.4, -0.2) is 47.0 Å². The van der Waals surface area contributed by atoms with Gasteiger partial charge < -0.3 is 5.32 Å². The van der Waals surface area contributed by atoms with Crippen LogP contribution in [0, 0.1) is 12.0 Å². The number of barbiturate groups is 1. The number of hydrogen-bond donors (Lipinski definition) is 1. The maximum absolute atomic E-state index is 13.1. The molecule has 2 heterocycles. The highest BCUT2D eigenvalue weighted by atomic mass is 16.2. The van der Waals surface area contributed by atoms with E-state index < -0.39 is 29.8 Å². The van der Waals surface area contributed by atoms with Gasteiger partial charge in [-0.1, -0.05) is 12.2 Å². The number of imide groups is 2. The minimum Gasteiger partial charge on any atom is -0.382 e. The lowest BCUT2D eigenvalue weighted by Gasteiger charge is -2.42. The summed E-state index contributed by atoms with van der Waals surface area (Å²) in [5.41, 5.74) is -0.318. The van der Waals surface area contributed by atoms with Crippen LogP contribution in [0.15, 0.2) is 35.6 Å². The summed E-state index contributed by atoms with van der Waals surface area (Å²) in [6, 6.07) is -0.762. The van der Waals surface area contributed by atoms with E-state index in [1.165, 1.54) is 13.6 Å². The highest BCUT2D eigenvalue weighted by Crippen LogP contribution is 2.40. The van der Waals surface area contributed by atoms with Crippen LogP contribution in [0.25, 0.3) is 0 Å². The van der Waals surface area contributed by atoms with Crippen LogP contribution in [0.5, 0.6) is 0 Å². The summed E-state index contributed by atoms with van der Waals surface area (Å²) in [5, 5.41) is 2.80. The molecule has 1 saturated heterocycles. The van der Waals surface area contributed by atoms with Gasteiger partial charge in [-0.2, -0.15) is 0 Å². The summed E-state index contributed by atoms with van der Waals surface area (Å²) < 4.78 is 0. The first kappa shape index (κ1) is 18.1. The van der Waals surface area contributed by atoms with Gasteiger partial charge in [0.05, 0.1) is 13.1 Å². The van der Waals surface area contributed by atoms with Crippen molar-refractivity contribution in [3.8, 4) is 0 Å². The van der Waals surface area contributed by atoms with Crippen molar-refractivity contribution in [2.75, 3.05) is 13.6 Å². The molecular weight excluding hydrogens is 334 g/mol. The van der Waals surface area contributed by atoms with Gasteiger partial charge in [-0.15, -0.1) is 0 Å². The highest BCUT2D eigenvalue weighted by molar-refractivity contribution is 6.22. The van der Waals surface area contributed by atoms with E-state index in [-0.39, 0.29) is 5.78 Å². The standard InChI is InChI=1S/C19H22N3O4/c1-19(14-8-4-3-5-9-14)16(24)21(2)18(26)22(17(19)25)12-15(23)13-7-6-10-20-11-13/h6-8,10-11,20H,3-5,9,12H2,1-2H3. The molecule has 7 nitrogen and oxygen atoms in total. The second kappa shape index (κ2) is 6.90. The number of amides is 4. The van der Waals surface area contributed by atoms with Gasteiger partial charge in [0, 0.05) is 12.6 Å². The van der Waals surface area contributed by atoms with Crippen molar-refractivity contribution in [2.45, 2.75) is 32.6 Å². The topological polar surface area (TPSA) is 86.8 Å². The molecule has 1 atom stereocenters. The monoisotopic (exact) mass is 356 g/mol. The van der Waals surface area contributed by atoms with E-state index in [0.29, 0.717) is 12.0 Å². The number of urea groups is 1. The molecule has 7 heteroatoms. The Labute approximate surface area is 152 Å². The van der Waals surface area contributed by atoms with Crippen LogP contribution in [0.3, 0.4) is 0 Å².